The lowest BCUT2D eigenvalue weighted by molar-refractivity contribution is 0.781. The molecule has 0 aliphatic carbocycles. The monoisotopic (exact) mass is 288 g/mol. The molecule has 0 saturated heterocycles. The molecule has 3 rings (SSSR count). The summed E-state index contributed by atoms with van der Waals surface area (Å²) in [6.45, 7) is 0.830. The molecule has 0 fully saturated rings. The summed E-state index contributed by atoms with van der Waals surface area (Å²) >= 11 is 0. The Morgan fingerprint density at radius 1 is 0.591 bits per heavy atom. The van der Waals surface area contributed by atoms with Crippen molar-refractivity contribution >= 4 is 11.4 Å². The summed E-state index contributed by atoms with van der Waals surface area (Å²) in [4.78, 5) is 0. The second kappa shape index (κ2) is 6.81. The Bertz CT molecular complexity index is 681. The lowest BCUT2D eigenvalue weighted by Gasteiger charge is -2.35. The summed E-state index contributed by atoms with van der Waals surface area (Å²) in [5, 5.41) is 4.48. The van der Waals surface area contributed by atoms with Gasteiger partial charge in [-0.3, -0.25) is 10.0 Å². The highest BCUT2D eigenvalue weighted by molar-refractivity contribution is 5.57. The Morgan fingerprint density at radius 2 is 1.05 bits per heavy atom. The number of nitrogens with zero attached hydrogens (tertiary/aromatic N) is 2. The topological polar surface area (TPSA) is 6.48 Å². The first-order chi connectivity index (χ1) is 10.8. The molecule has 3 aromatic carbocycles. The molecule has 0 bridgehead atoms. The van der Waals surface area contributed by atoms with Gasteiger partial charge in [0.1, 0.15) is 0 Å². The summed E-state index contributed by atoms with van der Waals surface area (Å²) in [6, 6.07) is 31.5. The lowest BCUT2D eigenvalue weighted by atomic mass is 10.2. The van der Waals surface area contributed by atoms with Crippen molar-refractivity contribution in [1.82, 2.24) is 0 Å². The van der Waals surface area contributed by atoms with Gasteiger partial charge in [-0.2, -0.15) is 0 Å². The molecule has 22 heavy (non-hydrogen) atoms. The van der Waals surface area contributed by atoms with Crippen LogP contribution in [0.25, 0.3) is 0 Å². The maximum Gasteiger partial charge on any atom is 0.0646 e. The Kier molecular flexibility index (Phi) is 4.40. The number of hydrazine groups is 1. The Hall–Kier alpha value is -2.74. The van der Waals surface area contributed by atoms with Gasteiger partial charge >= 0.3 is 0 Å². The third kappa shape index (κ3) is 3.29. The Labute approximate surface area is 132 Å². The average Bonchev–Trinajstić information content (AvgIpc) is 2.61. The predicted octanol–water partition coefficient (Wildman–Crippen LogP) is 4.74. The van der Waals surface area contributed by atoms with Crippen LogP contribution in [0.5, 0.6) is 0 Å². The molecule has 0 aromatic heterocycles. The van der Waals surface area contributed by atoms with E-state index in [1.54, 1.807) is 0 Å². The molecule has 0 atom stereocenters. The highest BCUT2D eigenvalue weighted by atomic mass is 15.6. The first-order valence-electron chi connectivity index (χ1n) is 7.50. The van der Waals surface area contributed by atoms with E-state index < -0.39 is 0 Å². The van der Waals surface area contributed by atoms with Gasteiger partial charge < -0.3 is 0 Å². The highest BCUT2D eigenvalue weighted by Gasteiger charge is 2.13. The van der Waals surface area contributed by atoms with E-state index in [0.717, 1.165) is 6.54 Å². The van der Waals surface area contributed by atoms with Gasteiger partial charge in [0, 0.05) is 7.05 Å². The fourth-order valence-electron chi connectivity index (χ4n) is 2.51. The smallest absolute Gasteiger partial charge is 0.0646 e. The summed E-state index contributed by atoms with van der Waals surface area (Å²) < 4.78 is 0. The Morgan fingerprint density at radius 3 is 1.59 bits per heavy atom. The number of hydrogen-bond acceptors (Lipinski definition) is 2. The molecule has 0 unspecified atom stereocenters. The van der Waals surface area contributed by atoms with Crippen molar-refractivity contribution in [3.8, 4) is 0 Å². The van der Waals surface area contributed by atoms with E-state index in [9.17, 15) is 0 Å². The van der Waals surface area contributed by atoms with Gasteiger partial charge in [-0.15, -0.1) is 0 Å². The zero-order chi connectivity index (χ0) is 15.2. The van der Waals surface area contributed by atoms with Crippen LogP contribution < -0.4 is 10.0 Å². The molecule has 2 heteroatoms. The molecule has 0 spiro atoms. The number of rotatable bonds is 5. The minimum atomic E-state index is 0.830. The molecule has 0 saturated carbocycles. The van der Waals surface area contributed by atoms with Crippen molar-refractivity contribution in [1.29, 1.82) is 0 Å². The number of hydrogen-bond donors (Lipinski definition) is 0. The van der Waals surface area contributed by atoms with Gasteiger partial charge in [0.05, 0.1) is 17.9 Å². The summed E-state index contributed by atoms with van der Waals surface area (Å²) in [7, 11) is 2.10. The molecule has 0 aliphatic heterocycles. The first-order valence-corrected chi connectivity index (χ1v) is 7.50. The van der Waals surface area contributed by atoms with Crippen LogP contribution in [0.15, 0.2) is 91.0 Å². The number of para-hydroxylation sites is 2. The normalized spacial score (nSPS) is 10.2. The molecular weight excluding hydrogens is 268 g/mol. The van der Waals surface area contributed by atoms with Crippen LogP contribution >= 0.6 is 0 Å². The van der Waals surface area contributed by atoms with E-state index in [2.05, 4.69) is 95.9 Å². The van der Waals surface area contributed by atoms with Crippen molar-refractivity contribution in [2.45, 2.75) is 6.54 Å². The first kappa shape index (κ1) is 14.2. The maximum absolute atomic E-state index is 2.28. The van der Waals surface area contributed by atoms with Crippen LogP contribution in [0.4, 0.5) is 11.4 Å². The lowest BCUT2D eigenvalue weighted by Crippen LogP contribution is -2.39. The van der Waals surface area contributed by atoms with E-state index in [4.69, 9.17) is 0 Å². The molecule has 0 radical (unpaired) electrons. The van der Waals surface area contributed by atoms with Crippen LogP contribution in [0.3, 0.4) is 0 Å². The second-order valence-electron chi connectivity index (χ2n) is 5.24. The maximum atomic E-state index is 2.28. The second-order valence-corrected chi connectivity index (χ2v) is 5.24. The number of benzene rings is 3. The zero-order valence-corrected chi connectivity index (χ0v) is 12.8. The predicted molar refractivity (Wildman–Crippen MR) is 93.9 cm³/mol. The third-order valence-electron chi connectivity index (χ3n) is 3.72. The van der Waals surface area contributed by atoms with Crippen molar-refractivity contribution in [2.24, 2.45) is 0 Å². The van der Waals surface area contributed by atoms with Crippen LogP contribution in [0, 0.1) is 0 Å². The van der Waals surface area contributed by atoms with E-state index in [1.165, 1.54) is 16.9 Å². The minimum absolute atomic E-state index is 0.830. The van der Waals surface area contributed by atoms with E-state index >= 15 is 0 Å². The minimum Gasteiger partial charge on any atom is -0.288 e. The fourth-order valence-corrected chi connectivity index (χ4v) is 2.51. The SMILES string of the molecule is CN(c1ccccc1)N(Cc1ccccc1)c1ccccc1. The van der Waals surface area contributed by atoms with Gasteiger partial charge in [-0.1, -0.05) is 66.7 Å². The summed E-state index contributed by atoms with van der Waals surface area (Å²) in [5.41, 5.74) is 3.63. The molecule has 110 valence electrons. The molecule has 0 aliphatic rings. The van der Waals surface area contributed by atoms with Crippen LogP contribution in [0.1, 0.15) is 5.56 Å². The number of anilines is 2. The molecule has 0 amide bonds. The largest absolute Gasteiger partial charge is 0.288 e. The van der Waals surface area contributed by atoms with Crippen LogP contribution in [-0.4, -0.2) is 7.05 Å². The van der Waals surface area contributed by atoms with Crippen molar-refractivity contribution in [3.63, 3.8) is 0 Å². The standard InChI is InChI=1S/C20H20N2/c1-21(19-13-7-3-8-14-19)22(20-15-9-4-10-16-20)17-18-11-5-2-6-12-18/h2-16H,17H2,1H3. The van der Waals surface area contributed by atoms with E-state index in [0.29, 0.717) is 0 Å². The van der Waals surface area contributed by atoms with Gasteiger partial charge in [-0.05, 0) is 29.8 Å². The summed E-state index contributed by atoms with van der Waals surface area (Å²) in [6.07, 6.45) is 0. The van der Waals surface area contributed by atoms with E-state index in [1.807, 2.05) is 12.1 Å². The van der Waals surface area contributed by atoms with Crippen LogP contribution in [-0.2, 0) is 6.54 Å². The molecular formula is C20H20N2. The van der Waals surface area contributed by atoms with E-state index in [-0.39, 0.29) is 0 Å². The van der Waals surface area contributed by atoms with Crippen LogP contribution in [0.2, 0.25) is 0 Å². The quantitative estimate of drug-likeness (QED) is 0.625. The molecule has 0 N–H and O–H groups in total. The van der Waals surface area contributed by atoms with Crippen molar-refractivity contribution < 1.29 is 0 Å². The van der Waals surface area contributed by atoms with Crippen molar-refractivity contribution in [2.75, 3.05) is 17.1 Å². The zero-order valence-electron chi connectivity index (χ0n) is 12.8. The van der Waals surface area contributed by atoms with Gasteiger partial charge in [0.25, 0.3) is 0 Å². The molecule has 0 heterocycles. The fraction of sp³-hybridized carbons (Fsp3) is 0.100. The van der Waals surface area contributed by atoms with Gasteiger partial charge in [0.15, 0.2) is 0 Å². The molecule has 2 nitrogen and oxygen atoms in total. The van der Waals surface area contributed by atoms with Gasteiger partial charge in [0.2, 0.25) is 0 Å². The highest BCUT2D eigenvalue weighted by Crippen LogP contribution is 2.23. The average molecular weight is 288 g/mol. The molecule has 3 aromatic rings. The Balaban J connectivity index is 1.93. The van der Waals surface area contributed by atoms with Gasteiger partial charge in [-0.25, -0.2) is 0 Å². The summed E-state index contributed by atoms with van der Waals surface area (Å²) in [5.74, 6) is 0. The third-order valence-corrected chi connectivity index (χ3v) is 3.72. The van der Waals surface area contributed by atoms with Crippen molar-refractivity contribution in [3.05, 3.63) is 96.6 Å².